The van der Waals surface area contributed by atoms with Gasteiger partial charge in [-0.2, -0.15) is 5.26 Å². The fraction of sp³-hybridized carbons (Fsp3) is 0.625. The Morgan fingerprint density at radius 3 is 2.71 bits per heavy atom. The molecule has 3 aliphatic rings. The molecule has 0 N–H and O–H groups in total. The van der Waals surface area contributed by atoms with Crippen molar-refractivity contribution < 1.29 is 37.8 Å². The van der Waals surface area contributed by atoms with Crippen LogP contribution >= 0.6 is 11.8 Å². The van der Waals surface area contributed by atoms with Crippen LogP contribution in [0.2, 0.25) is 0 Å². The van der Waals surface area contributed by atoms with Gasteiger partial charge >= 0.3 is 17.9 Å². The summed E-state index contributed by atoms with van der Waals surface area (Å²) in [5.74, 6) is -4.03. The van der Waals surface area contributed by atoms with Crippen LogP contribution in [0.15, 0.2) is 23.0 Å². The summed E-state index contributed by atoms with van der Waals surface area (Å²) in [5.41, 5.74) is -0.914. The van der Waals surface area contributed by atoms with E-state index in [-0.39, 0.29) is 23.9 Å². The Morgan fingerprint density at radius 2 is 2.06 bits per heavy atom. The first-order valence-corrected chi connectivity index (χ1v) is 12.2. The number of furan rings is 1. The normalized spacial score (nSPS) is 36.9. The third kappa shape index (κ3) is 3.90. The summed E-state index contributed by atoms with van der Waals surface area (Å²) in [6.45, 7) is 3.80. The summed E-state index contributed by atoms with van der Waals surface area (Å²) in [4.78, 5) is 52.2. The maximum absolute atomic E-state index is 13.9. The van der Waals surface area contributed by atoms with E-state index in [2.05, 4.69) is 0 Å². The lowest BCUT2D eigenvalue weighted by molar-refractivity contribution is -0.210. The molecule has 0 spiro atoms. The summed E-state index contributed by atoms with van der Waals surface area (Å²) in [6.07, 6.45) is 2.58. The number of hydrogen-bond acceptors (Lipinski definition) is 10. The molecule has 2 saturated carbocycles. The predicted octanol–water partition coefficient (Wildman–Crippen LogP) is 3.19. The van der Waals surface area contributed by atoms with Crippen molar-refractivity contribution in [2.24, 2.45) is 28.6 Å². The number of thiocyanates is 1. The monoisotopic (exact) mass is 489 g/mol. The smallest absolute Gasteiger partial charge is 0.317 e. The Balaban J connectivity index is 1.74. The van der Waals surface area contributed by atoms with Crippen molar-refractivity contribution >= 4 is 35.5 Å². The van der Waals surface area contributed by atoms with E-state index in [1.807, 2.05) is 13.8 Å². The molecule has 0 amide bonds. The first-order chi connectivity index (χ1) is 16.2. The van der Waals surface area contributed by atoms with Crippen LogP contribution in [0.25, 0.3) is 0 Å². The predicted molar refractivity (Wildman–Crippen MR) is 118 cm³/mol. The molecule has 0 unspecified atom stereocenters. The SMILES string of the molecule is COC(=O)[C@@H]1C[C@H](OC(=O)CSC#N)C(=O)[C@H]2[C@@]1(C)CC[C@H]1C(=O)O[C@@H](c3ccoc3)C[C@]21C. The maximum Gasteiger partial charge on any atom is 0.317 e. The molecule has 1 aliphatic heterocycles. The minimum absolute atomic E-state index is 0.0117. The molecule has 2 heterocycles. The van der Waals surface area contributed by atoms with Gasteiger partial charge in [0.25, 0.3) is 0 Å². The summed E-state index contributed by atoms with van der Waals surface area (Å²) in [7, 11) is 1.29. The molecule has 10 heteroatoms. The van der Waals surface area contributed by atoms with Crippen LogP contribution in [0.3, 0.4) is 0 Å². The first kappa shape index (κ1) is 24.3. The molecule has 182 valence electrons. The van der Waals surface area contributed by atoms with Gasteiger partial charge in [-0.1, -0.05) is 13.8 Å². The second-order valence-corrected chi connectivity index (χ2v) is 10.6. The number of rotatable bonds is 5. The van der Waals surface area contributed by atoms with Gasteiger partial charge in [-0.3, -0.25) is 19.2 Å². The molecule has 0 bridgehead atoms. The summed E-state index contributed by atoms with van der Waals surface area (Å²) in [6, 6.07) is 1.72. The topological polar surface area (TPSA) is 133 Å². The second kappa shape index (κ2) is 9.10. The summed E-state index contributed by atoms with van der Waals surface area (Å²) >= 11 is 0.714. The minimum atomic E-state index is -1.16. The Morgan fingerprint density at radius 1 is 1.29 bits per heavy atom. The average Bonchev–Trinajstić information content (AvgIpc) is 3.33. The number of hydrogen-bond donors (Lipinski definition) is 0. The Kier molecular flexibility index (Phi) is 6.51. The third-order valence-electron chi connectivity index (χ3n) is 8.03. The number of Topliss-reactive ketones (excluding diaryl/α,β-unsaturated/α-hetero) is 1. The number of carbonyl (C=O) groups excluding carboxylic acids is 4. The van der Waals surface area contributed by atoms with Crippen LogP contribution in [0.4, 0.5) is 0 Å². The number of nitrogens with zero attached hydrogens (tertiary/aromatic N) is 1. The Labute approximate surface area is 201 Å². The van der Waals surface area contributed by atoms with Crippen LogP contribution in [0.5, 0.6) is 0 Å². The molecule has 7 atom stereocenters. The Hall–Kier alpha value is -2.80. The number of carbonyl (C=O) groups is 4. The van der Waals surface area contributed by atoms with E-state index in [4.69, 9.17) is 23.9 Å². The van der Waals surface area contributed by atoms with E-state index in [1.54, 1.807) is 11.5 Å². The van der Waals surface area contributed by atoms with Crippen LogP contribution in [0, 0.1) is 39.2 Å². The zero-order valence-corrected chi connectivity index (χ0v) is 20.1. The van der Waals surface area contributed by atoms with E-state index in [0.717, 1.165) is 0 Å². The van der Waals surface area contributed by atoms with Crippen molar-refractivity contribution in [2.75, 3.05) is 12.9 Å². The van der Waals surface area contributed by atoms with E-state index in [1.165, 1.54) is 19.6 Å². The van der Waals surface area contributed by atoms with Crippen molar-refractivity contribution in [3.8, 4) is 5.40 Å². The quantitative estimate of drug-likeness (QED) is 0.345. The van der Waals surface area contributed by atoms with Crippen LogP contribution in [0.1, 0.15) is 51.2 Å². The van der Waals surface area contributed by atoms with Gasteiger partial charge in [0.15, 0.2) is 11.9 Å². The number of thioether (sulfide) groups is 1. The third-order valence-corrected chi connectivity index (χ3v) is 8.54. The summed E-state index contributed by atoms with van der Waals surface area (Å²) in [5, 5.41) is 10.5. The summed E-state index contributed by atoms with van der Waals surface area (Å²) < 4.78 is 21.5. The standard InChI is InChI=1S/C24H27NO8S/c1-23-6-4-14-22(29)33-17(13-5-7-31-10-13)9-24(14,2)20(23)19(27)16(8-15(23)21(28)30-3)32-18(26)11-34-12-25/h5,7,10,14-17,20H,4,6,8-9,11H2,1-3H3/t14-,15-,16-,17+,20-,23-,24-/m0/s1. The van der Waals surface area contributed by atoms with E-state index in [9.17, 15) is 19.2 Å². The van der Waals surface area contributed by atoms with Crippen molar-refractivity contribution in [1.29, 1.82) is 5.26 Å². The first-order valence-electron chi connectivity index (χ1n) is 11.2. The highest BCUT2D eigenvalue weighted by molar-refractivity contribution is 8.04. The molecule has 2 aliphatic carbocycles. The highest BCUT2D eigenvalue weighted by Gasteiger charge is 2.67. The zero-order valence-electron chi connectivity index (χ0n) is 19.3. The zero-order chi connectivity index (χ0) is 24.7. The van der Waals surface area contributed by atoms with Crippen molar-refractivity contribution in [3.05, 3.63) is 24.2 Å². The molecule has 0 radical (unpaired) electrons. The molecule has 0 aromatic carbocycles. The lowest BCUT2D eigenvalue weighted by Gasteiger charge is -2.61. The van der Waals surface area contributed by atoms with Crippen molar-refractivity contribution in [3.63, 3.8) is 0 Å². The largest absolute Gasteiger partial charge is 0.472 e. The molecule has 4 rings (SSSR count). The highest BCUT2D eigenvalue weighted by Crippen LogP contribution is 2.65. The molecule has 1 aromatic rings. The molecular weight excluding hydrogens is 462 g/mol. The number of fused-ring (bicyclic) bond motifs is 3. The number of ether oxygens (including phenoxy) is 3. The van der Waals surface area contributed by atoms with Crippen LogP contribution in [-0.2, 0) is 33.4 Å². The minimum Gasteiger partial charge on any atom is -0.472 e. The van der Waals surface area contributed by atoms with Gasteiger partial charge in [0.05, 0.1) is 31.5 Å². The van der Waals surface area contributed by atoms with Gasteiger partial charge < -0.3 is 18.6 Å². The lowest BCUT2D eigenvalue weighted by atomic mass is 9.43. The molecule has 34 heavy (non-hydrogen) atoms. The van der Waals surface area contributed by atoms with Gasteiger partial charge in [0, 0.05) is 17.9 Å². The highest BCUT2D eigenvalue weighted by atomic mass is 32.2. The van der Waals surface area contributed by atoms with Gasteiger partial charge in [-0.15, -0.1) is 0 Å². The molecule has 3 fully saturated rings. The van der Waals surface area contributed by atoms with Crippen LogP contribution in [-0.4, -0.2) is 42.7 Å². The van der Waals surface area contributed by atoms with Gasteiger partial charge in [-0.25, -0.2) is 0 Å². The fourth-order valence-corrected chi connectivity index (χ4v) is 6.80. The molecule has 9 nitrogen and oxygen atoms in total. The number of esters is 3. The van der Waals surface area contributed by atoms with E-state index >= 15 is 0 Å². The Bertz CT molecular complexity index is 1030. The van der Waals surface area contributed by atoms with Crippen LogP contribution < -0.4 is 0 Å². The second-order valence-electron chi connectivity index (χ2n) is 9.79. The average molecular weight is 490 g/mol. The number of nitriles is 1. The maximum atomic E-state index is 13.9. The van der Waals surface area contributed by atoms with Gasteiger partial charge in [0.1, 0.15) is 17.3 Å². The van der Waals surface area contributed by atoms with Crippen molar-refractivity contribution in [2.45, 2.75) is 51.7 Å². The molecular formula is C24H27NO8S. The molecule has 1 aromatic heterocycles. The lowest BCUT2D eigenvalue weighted by Crippen LogP contribution is -2.64. The van der Waals surface area contributed by atoms with Crippen molar-refractivity contribution in [1.82, 2.24) is 0 Å². The number of cyclic esters (lactones) is 1. The van der Waals surface area contributed by atoms with E-state index in [0.29, 0.717) is 36.6 Å². The van der Waals surface area contributed by atoms with Gasteiger partial charge in [0.2, 0.25) is 0 Å². The molecule has 1 saturated heterocycles. The fourth-order valence-electron chi connectivity index (χ4n) is 6.55. The number of ketones is 1. The number of methoxy groups -OCH3 is 1. The van der Waals surface area contributed by atoms with E-state index < -0.39 is 52.7 Å². The van der Waals surface area contributed by atoms with Gasteiger partial charge in [-0.05, 0) is 47.9 Å².